The van der Waals surface area contributed by atoms with Crippen molar-refractivity contribution >= 4 is 22.7 Å². The molecule has 0 bridgehead atoms. The molecule has 1 aliphatic rings. The molecule has 1 saturated heterocycles. The Hall–Kier alpha value is -3.07. The highest BCUT2D eigenvalue weighted by Crippen LogP contribution is 2.42. The van der Waals surface area contributed by atoms with Gasteiger partial charge in [-0.15, -0.1) is 0 Å². The van der Waals surface area contributed by atoms with Crippen LogP contribution in [0.3, 0.4) is 0 Å². The third-order valence-corrected chi connectivity index (χ3v) is 5.59. The number of methoxy groups -OCH3 is 1. The molecule has 158 valence electrons. The molecular formula is C21H24FN5O3. The number of anilines is 1. The zero-order valence-corrected chi connectivity index (χ0v) is 17.1. The van der Waals surface area contributed by atoms with Gasteiger partial charge in [-0.05, 0) is 30.4 Å². The maximum Gasteiger partial charge on any atom is 0.355 e. The summed E-state index contributed by atoms with van der Waals surface area (Å²) in [6, 6.07) is 2.86. The second-order valence-corrected chi connectivity index (χ2v) is 7.77. The summed E-state index contributed by atoms with van der Waals surface area (Å²) in [4.78, 5) is 22.2. The van der Waals surface area contributed by atoms with Gasteiger partial charge in [0.25, 0.3) is 0 Å². The smallest absolute Gasteiger partial charge is 0.355 e. The Morgan fingerprint density at radius 3 is 2.70 bits per heavy atom. The number of halogens is 1. The van der Waals surface area contributed by atoms with Crippen molar-refractivity contribution < 1.29 is 19.0 Å². The first-order valence-electron chi connectivity index (χ1n) is 9.95. The van der Waals surface area contributed by atoms with Crippen LogP contribution in [0.2, 0.25) is 0 Å². The van der Waals surface area contributed by atoms with Gasteiger partial charge in [0.2, 0.25) is 5.95 Å². The van der Waals surface area contributed by atoms with E-state index in [1.165, 1.54) is 12.3 Å². The van der Waals surface area contributed by atoms with Crippen molar-refractivity contribution in [1.29, 1.82) is 0 Å². The number of aromatic carboxylic acids is 1. The van der Waals surface area contributed by atoms with Gasteiger partial charge in [-0.25, -0.2) is 14.8 Å². The van der Waals surface area contributed by atoms with Crippen molar-refractivity contribution in [2.24, 2.45) is 0 Å². The van der Waals surface area contributed by atoms with E-state index in [1.54, 1.807) is 13.2 Å². The molecule has 8 nitrogen and oxygen atoms in total. The highest BCUT2D eigenvalue weighted by Gasteiger charge is 2.30. The van der Waals surface area contributed by atoms with Crippen LogP contribution in [0.15, 0.2) is 18.3 Å². The largest absolute Gasteiger partial charge is 0.476 e. The maximum atomic E-state index is 14.0. The molecule has 0 saturated carbocycles. The number of H-pyrrole nitrogens is 1. The average Bonchev–Trinajstić information content (AvgIpc) is 3.16. The number of hydrogen-bond donors (Lipinski definition) is 2. The normalized spacial score (nSPS) is 15.3. The lowest BCUT2D eigenvalue weighted by atomic mass is 9.95. The van der Waals surface area contributed by atoms with E-state index in [9.17, 15) is 14.3 Å². The summed E-state index contributed by atoms with van der Waals surface area (Å²) in [5.41, 5.74) is 2.59. The highest BCUT2D eigenvalue weighted by atomic mass is 19.1. The number of carboxylic acids is 1. The van der Waals surface area contributed by atoms with Crippen molar-refractivity contribution in [3.8, 4) is 11.1 Å². The molecule has 0 atom stereocenters. The monoisotopic (exact) mass is 413 g/mol. The molecule has 0 aliphatic carbocycles. The third kappa shape index (κ3) is 3.49. The summed E-state index contributed by atoms with van der Waals surface area (Å²) < 4.78 is 19.5. The Labute approximate surface area is 173 Å². The number of hydrogen-bond acceptors (Lipinski definition) is 6. The van der Waals surface area contributed by atoms with Crippen LogP contribution < -0.4 is 4.90 Å². The molecule has 1 fully saturated rings. The topological polar surface area (TPSA) is 104 Å². The first-order chi connectivity index (χ1) is 14.4. The Bertz CT molecular complexity index is 1090. The molecule has 0 amide bonds. The van der Waals surface area contributed by atoms with Gasteiger partial charge < -0.3 is 14.7 Å². The van der Waals surface area contributed by atoms with Crippen LogP contribution in [-0.4, -0.2) is 57.5 Å². The average molecular weight is 413 g/mol. The minimum absolute atomic E-state index is 0.116. The van der Waals surface area contributed by atoms with E-state index in [4.69, 9.17) is 4.74 Å². The second-order valence-electron chi connectivity index (χ2n) is 7.77. The van der Waals surface area contributed by atoms with Crippen LogP contribution in [0.5, 0.6) is 0 Å². The van der Waals surface area contributed by atoms with E-state index in [1.807, 2.05) is 13.8 Å². The first kappa shape index (κ1) is 20.2. The van der Waals surface area contributed by atoms with Gasteiger partial charge in [-0.2, -0.15) is 9.49 Å². The molecule has 30 heavy (non-hydrogen) atoms. The quantitative estimate of drug-likeness (QED) is 0.616. The minimum Gasteiger partial charge on any atom is -0.476 e. The summed E-state index contributed by atoms with van der Waals surface area (Å²) in [7, 11) is 1.70. The Kier molecular flexibility index (Phi) is 5.38. The number of aromatic amines is 1. The van der Waals surface area contributed by atoms with Gasteiger partial charge in [0.1, 0.15) is 0 Å². The first-order valence-corrected chi connectivity index (χ1v) is 9.95. The number of carbonyl (C=O) groups is 1. The number of nitrogens with one attached hydrogen (secondary N) is 1. The van der Waals surface area contributed by atoms with Gasteiger partial charge in [0, 0.05) is 43.7 Å². The van der Waals surface area contributed by atoms with E-state index < -0.39 is 11.9 Å². The molecule has 4 heterocycles. The molecule has 0 spiro atoms. The lowest BCUT2D eigenvalue weighted by molar-refractivity contribution is 0.0691. The van der Waals surface area contributed by atoms with Crippen molar-refractivity contribution in [3.05, 3.63) is 35.7 Å². The van der Waals surface area contributed by atoms with E-state index in [0.717, 1.165) is 29.6 Å². The molecule has 0 radical (unpaired) electrons. The van der Waals surface area contributed by atoms with Crippen molar-refractivity contribution in [1.82, 2.24) is 20.2 Å². The molecule has 3 aromatic rings. The molecule has 2 N–H and O–H groups in total. The van der Waals surface area contributed by atoms with Crippen LogP contribution in [0.1, 0.15) is 48.8 Å². The number of pyridine rings is 2. The summed E-state index contributed by atoms with van der Waals surface area (Å²) in [5.74, 6) is -1.75. The zero-order chi connectivity index (χ0) is 21.4. The number of carboxylic acid groups (broad SMARTS) is 1. The minimum atomic E-state index is -1.19. The van der Waals surface area contributed by atoms with Gasteiger partial charge in [-0.1, -0.05) is 13.8 Å². The number of fused-ring (bicyclic) bond motifs is 1. The predicted octanol–water partition coefficient (Wildman–Crippen LogP) is 3.60. The summed E-state index contributed by atoms with van der Waals surface area (Å²) in [5, 5.41) is 18.0. The van der Waals surface area contributed by atoms with Crippen LogP contribution in [0.25, 0.3) is 22.2 Å². The van der Waals surface area contributed by atoms with Crippen LogP contribution in [-0.2, 0) is 4.74 Å². The van der Waals surface area contributed by atoms with E-state index >= 15 is 0 Å². The van der Waals surface area contributed by atoms with Crippen molar-refractivity contribution in [3.63, 3.8) is 0 Å². The van der Waals surface area contributed by atoms with Crippen LogP contribution in [0, 0.1) is 5.95 Å². The number of rotatable bonds is 5. The number of piperidine rings is 1. The van der Waals surface area contributed by atoms with E-state index in [-0.39, 0.29) is 17.7 Å². The number of aromatic nitrogens is 4. The summed E-state index contributed by atoms with van der Waals surface area (Å²) >= 11 is 0. The van der Waals surface area contributed by atoms with Crippen LogP contribution >= 0.6 is 0 Å². The van der Waals surface area contributed by atoms with E-state index in [0.29, 0.717) is 29.9 Å². The standard InChI is InChI=1S/C21H24FN5O3/c1-11(2)17-16-19(27-8-5-13(30-3)6-9-27)15(12-4-7-23-14(22)10-12)18(21(28)29)24-20(16)26-25-17/h4,7,10-11,13H,5-6,8-9H2,1-3H3,(H,28,29)(H,24,25,26). The van der Waals surface area contributed by atoms with Gasteiger partial charge in [0.05, 0.1) is 17.2 Å². The molecule has 0 unspecified atom stereocenters. The molecule has 1 aliphatic heterocycles. The molecular weight excluding hydrogens is 389 g/mol. The Balaban J connectivity index is 2.04. The fourth-order valence-electron chi connectivity index (χ4n) is 4.09. The lowest BCUT2D eigenvalue weighted by Gasteiger charge is -2.35. The second kappa shape index (κ2) is 7.98. The third-order valence-electron chi connectivity index (χ3n) is 5.59. The SMILES string of the molecule is COC1CCN(c2c(-c3ccnc(F)c3)c(C(=O)O)nc3n[nH]c(C(C)C)c23)CC1. The van der Waals surface area contributed by atoms with E-state index in [2.05, 4.69) is 25.1 Å². The highest BCUT2D eigenvalue weighted by molar-refractivity contribution is 6.08. The molecule has 3 aromatic heterocycles. The number of nitrogens with zero attached hydrogens (tertiary/aromatic N) is 4. The zero-order valence-electron chi connectivity index (χ0n) is 17.1. The lowest BCUT2D eigenvalue weighted by Crippen LogP contribution is -2.37. The Morgan fingerprint density at radius 2 is 2.10 bits per heavy atom. The fraction of sp³-hybridized carbons (Fsp3) is 0.429. The molecule has 4 rings (SSSR count). The van der Waals surface area contributed by atoms with Gasteiger partial charge in [0.15, 0.2) is 11.3 Å². The van der Waals surface area contributed by atoms with Crippen molar-refractivity contribution in [2.45, 2.75) is 38.7 Å². The van der Waals surface area contributed by atoms with Crippen molar-refractivity contribution in [2.75, 3.05) is 25.1 Å². The summed E-state index contributed by atoms with van der Waals surface area (Å²) in [6.07, 6.45) is 3.11. The molecule has 9 heteroatoms. The predicted molar refractivity (Wildman–Crippen MR) is 110 cm³/mol. The maximum absolute atomic E-state index is 14.0. The fourth-order valence-corrected chi connectivity index (χ4v) is 4.09. The van der Waals surface area contributed by atoms with Crippen LogP contribution in [0.4, 0.5) is 10.1 Å². The summed E-state index contributed by atoms with van der Waals surface area (Å²) in [6.45, 7) is 5.43. The van der Waals surface area contributed by atoms with Gasteiger partial charge in [-0.3, -0.25) is 5.10 Å². The Morgan fingerprint density at radius 1 is 1.37 bits per heavy atom. The van der Waals surface area contributed by atoms with Gasteiger partial charge >= 0.3 is 5.97 Å². The number of ether oxygens (including phenoxy) is 1. The molecule has 0 aromatic carbocycles.